The minimum Gasteiger partial charge on any atom is -0.383 e. The zero-order valence-electron chi connectivity index (χ0n) is 8.61. The highest BCUT2D eigenvalue weighted by molar-refractivity contribution is 7.15. The van der Waals surface area contributed by atoms with E-state index >= 15 is 0 Å². The summed E-state index contributed by atoms with van der Waals surface area (Å²) in [4.78, 5) is 11.3. The Morgan fingerprint density at radius 2 is 2.24 bits per heavy atom. The Morgan fingerprint density at radius 1 is 1.59 bits per heavy atom. The van der Waals surface area contributed by atoms with Gasteiger partial charge in [-0.25, -0.2) is 0 Å². The van der Waals surface area contributed by atoms with E-state index in [0.29, 0.717) is 0 Å². The number of aromatic nitrogens is 2. The highest BCUT2D eigenvalue weighted by Gasteiger charge is 2.35. The lowest BCUT2D eigenvalue weighted by atomic mass is 10.3. The van der Waals surface area contributed by atoms with E-state index in [-0.39, 0.29) is 23.1 Å². The molecule has 0 fully saturated rings. The third kappa shape index (κ3) is 3.91. The standard InChI is InChI=1S/C7H9F3N4O2S/c1-16-2-3(11)4(15)12-6-14-13-5(17-6)7(8,9)10/h3H,2,11H2,1H3,(H,12,14,15). The van der Waals surface area contributed by atoms with Crippen LogP contribution in [0.4, 0.5) is 18.3 Å². The van der Waals surface area contributed by atoms with Gasteiger partial charge in [-0.1, -0.05) is 11.3 Å². The molecule has 10 heteroatoms. The second kappa shape index (κ2) is 5.38. The number of amides is 1. The first kappa shape index (κ1) is 13.8. The van der Waals surface area contributed by atoms with Crippen molar-refractivity contribution in [3.63, 3.8) is 0 Å². The van der Waals surface area contributed by atoms with Crippen LogP contribution in [0.2, 0.25) is 0 Å². The Kier molecular flexibility index (Phi) is 4.37. The number of hydrogen-bond donors (Lipinski definition) is 2. The summed E-state index contributed by atoms with van der Waals surface area (Å²) in [5.41, 5.74) is 5.37. The number of hydrogen-bond acceptors (Lipinski definition) is 6. The smallest absolute Gasteiger partial charge is 0.383 e. The largest absolute Gasteiger partial charge is 0.445 e. The van der Waals surface area contributed by atoms with Gasteiger partial charge < -0.3 is 10.5 Å². The van der Waals surface area contributed by atoms with E-state index in [1.165, 1.54) is 7.11 Å². The summed E-state index contributed by atoms with van der Waals surface area (Å²) < 4.78 is 41.1. The maximum Gasteiger partial charge on any atom is 0.445 e. The predicted octanol–water partition coefficient (Wildman–Crippen LogP) is 0.469. The molecule has 0 aliphatic heterocycles. The van der Waals surface area contributed by atoms with Crippen LogP contribution in [-0.4, -0.2) is 35.9 Å². The van der Waals surface area contributed by atoms with Crippen molar-refractivity contribution in [2.75, 3.05) is 19.0 Å². The SMILES string of the molecule is COCC(N)C(=O)Nc1nnc(C(F)(F)F)s1. The quantitative estimate of drug-likeness (QED) is 0.830. The normalized spacial score (nSPS) is 13.5. The summed E-state index contributed by atoms with van der Waals surface area (Å²) in [6.45, 7) is -0.0449. The number of alkyl halides is 3. The number of rotatable bonds is 4. The van der Waals surface area contributed by atoms with Crippen molar-refractivity contribution < 1.29 is 22.7 Å². The molecule has 1 amide bonds. The van der Waals surface area contributed by atoms with Crippen molar-refractivity contribution >= 4 is 22.4 Å². The molecule has 0 aliphatic carbocycles. The Labute approximate surface area is 98.0 Å². The number of carbonyl (C=O) groups is 1. The summed E-state index contributed by atoms with van der Waals surface area (Å²) in [6.07, 6.45) is -4.57. The molecule has 3 N–H and O–H groups in total. The monoisotopic (exact) mass is 270 g/mol. The van der Waals surface area contributed by atoms with Crippen molar-refractivity contribution in [3.8, 4) is 0 Å². The molecule has 6 nitrogen and oxygen atoms in total. The van der Waals surface area contributed by atoms with E-state index < -0.39 is 23.1 Å². The molecular weight excluding hydrogens is 261 g/mol. The van der Waals surface area contributed by atoms with E-state index in [1.807, 2.05) is 0 Å². The number of ether oxygens (including phenoxy) is 1. The van der Waals surface area contributed by atoms with Gasteiger partial charge in [0.15, 0.2) is 0 Å². The molecule has 1 heterocycles. The third-order valence-electron chi connectivity index (χ3n) is 1.58. The molecule has 1 aromatic rings. The summed E-state index contributed by atoms with van der Waals surface area (Å²) in [7, 11) is 1.35. The Morgan fingerprint density at radius 3 is 2.71 bits per heavy atom. The average Bonchev–Trinajstić information content (AvgIpc) is 2.66. The number of nitrogens with zero attached hydrogens (tertiary/aromatic N) is 2. The first-order valence-corrected chi connectivity index (χ1v) is 5.12. The van der Waals surface area contributed by atoms with Gasteiger partial charge >= 0.3 is 6.18 Å². The van der Waals surface area contributed by atoms with E-state index in [4.69, 9.17) is 5.73 Å². The first-order chi connectivity index (χ1) is 7.84. The second-order valence-corrected chi connectivity index (χ2v) is 3.94. The molecular formula is C7H9F3N4O2S. The molecule has 1 atom stereocenters. The molecule has 0 spiro atoms. The highest BCUT2D eigenvalue weighted by Crippen LogP contribution is 2.32. The maximum absolute atomic E-state index is 12.2. The molecule has 0 aromatic carbocycles. The van der Waals surface area contributed by atoms with Crippen molar-refractivity contribution in [2.24, 2.45) is 5.73 Å². The van der Waals surface area contributed by atoms with E-state index in [1.54, 1.807) is 0 Å². The van der Waals surface area contributed by atoms with Crippen molar-refractivity contribution in [2.45, 2.75) is 12.2 Å². The Bertz CT molecular complexity index is 395. The van der Waals surface area contributed by atoms with Gasteiger partial charge in [0.05, 0.1) is 6.61 Å². The van der Waals surface area contributed by atoms with Crippen LogP contribution in [-0.2, 0) is 15.7 Å². The predicted molar refractivity (Wildman–Crippen MR) is 53.4 cm³/mol. The summed E-state index contributed by atoms with van der Waals surface area (Å²) in [6, 6.07) is -0.974. The van der Waals surface area contributed by atoms with Gasteiger partial charge in [-0.3, -0.25) is 10.1 Å². The molecule has 96 valence electrons. The average molecular weight is 270 g/mol. The number of carbonyl (C=O) groups excluding carboxylic acids is 1. The lowest BCUT2D eigenvalue weighted by molar-refractivity contribution is -0.138. The van der Waals surface area contributed by atoms with E-state index in [2.05, 4.69) is 20.3 Å². The van der Waals surface area contributed by atoms with Crippen LogP contribution < -0.4 is 11.1 Å². The maximum atomic E-state index is 12.2. The van der Waals surface area contributed by atoms with Gasteiger partial charge in [0, 0.05) is 7.11 Å². The van der Waals surface area contributed by atoms with Crippen LogP contribution in [0.25, 0.3) is 0 Å². The number of nitrogens with two attached hydrogens (primary N) is 1. The van der Waals surface area contributed by atoms with Crippen LogP contribution in [0.15, 0.2) is 0 Å². The molecule has 1 aromatic heterocycles. The molecule has 0 aliphatic rings. The van der Waals surface area contributed by atoms with E-state index in [9.17, 15) is 18.0 Å². The van der Waals surface area contributed by atoms with Gasteiger partial charge in [0.25, 0.3) is 0 Å². The van der Waals surface area contributed by atoms with Crippen molar-refractivity contribution in [1.29, 1.82) is 0 Å². The van der Waals surface area contributed by atoms with Gasteiger partial charge in [-0.15, -0.1) is 10.2 Å². The summed E-state index contributed by atoms with van der Waals surface area (Å²) in [5.74, 6) is -0.684. The van der Waals surface area contributed by atoms with Crippen LogP contribution in [0, 0.1) is 0 Å². The molecule has 1 rings (SSSR count). The van der Waals surface area contributed by atoms with Crippen molar-refractivity contribution in [3.05, 3.63) is 5.01 Å². The van der Waals surface area contributed by atoms with Gasteiger partial charge in [-0.05, 0) is 0 Å². The fraction of sp³-hybridized carbons (Fsp3) is 0.571. The number of methoxy groups -OCH3 is 1. The van der Waals surface area contributed by atoms with Crippen LogP contribution in [0.5, 0.6) is 0 Å². The molecule has 0 radical (unpaired) electrons. The summed E-state index contributed by atoms with van der Waals surface area (Å²) in [5, 5.41) is 6.82. The van der Waals surface area contributed by atoms with Gasteiger partial charge in [0.2, 0.25) is 16.0 Å². The van der Waals surface area contributed by atoms with Gasteiger partial charge in [0.1, 0.15) is 6.04 Å². The number of halogens is 3. The van der Waals surface area contributed by atoms with Crippen molar-refractivity contribution in [1.82, 2.24) is 10.2 Å². The fourth-order valence-electron chi connectivity index (χ4n) is 0.842. The molecule has 1 unspecified atom stereocenters. The van der Waals surface area contributed by atoms with Crippen LogP contribution in [0.1, 0.15) is 5.01 Å². The summed E-state index contributed by atoms with van der Waals surface area (Å²) >= 11 is 0.228. The number of anilines is 1. The topological polar surface area (TPSA) is 90.1 Å². The lowest BCUT2D eigenvalue weighted by Crippen LogP contribution is -2.39. The molecule has 0 saturated carbocycles. The van der Waals surface area contributed by atoms with Gasteiger partial charge in [-0.2, -0.15) is 13.2 Å². The second-order valence-electron chi connectivity index (χ2n) is 2.96. The van der Waals surface area contributed by atoms with E-state index in [0.717, 1.165) is 0 Å². The van der Waals surface area contributed by atoms with Crippen LogP contribution >= 0.6 is 11.3 Å². The molecule has 0 saturated heterocycles. The third-order valence-corrected chi connectivity index (χ3v) is 2.46. The minimum absolute atomic E-state index is 0.0449. The van der Waals surface area contributed by atoms with Crippen LogP contribution in [0.3, 0.4) is 0 Å². The molecule has 0 bridgehead atoms. The lowest BCUT2D eigenvalue weighted by Gasteiger charge is -2.08. The fourth-order valence-corrected chi connectivity index (χ4v) is 1.46. The highest BCUT2D eigenvalue weighted by atomic mass is 32.1. The first-order valence-electron chi connectivity index (χ1n) is 4.30. The minimum atomic E-state index is -4.57. The number of nitrogens with one attached hydrogen (secondary N) is 1. The Hall–Kier alpha value is -1.26. The Balaban J connectivity index is 2.64. The molecule has 17 heavy (non-hydrogen) atoms. The zero-order chi connectivity index (χ0) is 13.1. The zero-order valence-corrected chi connectivity index (χ0v) is 9.43.